The van der Waals surface area contributed by atoms with Gasteiger partial charge in [0.2, 0.25) is 0 Å². The van der Waals surface area contributed by atoms with E-state index in [9.17, 15) is 14.7 Å². The summed E-state index contributed by atoms with van der Waals surface area (Å²) in [5.74, 6) is 0. The second-order valence-electron chi connectivity index (χ2n) is 5.15. The molecular formula is C16H19N3O3. The Bertz CT molecular complexity index is 775. The smallest absolute Gasteiger partial charge is 0.330 e. The largest absolute Gasteiger partial charge is 0.394 e. The van der Waals surface area contributed by atoms with E-state index >= 15 is 0 Å². The van der Waals surface area contributed by atoms with Crippen molar-refractivity contribution in [3.8, 4) is 0 Å². The van der Waals surface area contributed by atoms with Crippen LogP contribution in [0.5, 0.6) is 0 Å². The Morgan fingerprint density at radius 1 is 1.23 bits per heavy atom. The van der Waals surface area contributed by atoms with E-state index in [1.165, 1.54) is 24.0 Å². The molecule has 6 nitrogen and oxygen atoms in total. The SMILES string of the molecule is Cn1cc(C=N[C@@H](CO)Cc2ccccc2)c(=O)n(C)c1=O. The summed E-state index contributed by atoms with van der Waals surface area (Å²) in [7, 11) is 3.00. The van der Waals surface area contributed by atoms with Crippen LogP contribution in [0, 0.1) is 0 Å². The Kier molecular flexibility index (Phi) is 5.06. The summed E-state index contributed by atoms with van der Waals surface area (Å²) >= 11 is 0. The van der Waals surface area contributed by atoms with Crippen LogP contribution in [0.15, 0.2) is 51.1 Å². The molecule has 0 aliphatic heterocycles. The van der Waals surface area contributed by atoms with Gasteiger partial charge in [-0.2, -0.15) is 0 Å². The molecule has 0 spiro atoms. The highest BCUT2D eigenvalue weighted by Gasteiger charge is 2.08. The van der Waals surface area contributed by atoms with E-state index < -0.39 is 5.56 Å². The molecule has 0 saturated carbocycles. The van der Waals surface area contributed by atoms with Crippen LogP contribution >= 0.6 is 0 Å². The van der Waals surface area contributed by atoms with Gasteiger partial charge in [-0.1, -0.05) is 30.3 Å². The maximum absolute atomic E-state index is 12.0. The highest BCUT2D eigenvalue weighted by Crippen LogP contribution is 2.05. The van der Waals surface area contributed by atoms with Gasteiger partial charge in [0.05, 0.1) is 18.2 Å². The summed E-state index contributed by atoms with van der Waals surface area (Å²) in [6.07, 6.45) is 3.45. The van der Waals surface area contributed by atoms with Crippen molar-refractivity contribution < 1.29 is 5.11 Å². The lowest BCUT2D eigenvalue weighted by Gasteiger charge is -2.09. The third-order valence-corrected chi connectivity index (χ3v) is 3.42. The number of hydrogen-bond acceptors (Lipinski definition) is 4. The minimum atomic E-state index is -0.400. The summed E-state index contributed by atoms with van der Waals surface area (Å²) in [5, 5.41) is 9.44. The number of nitrogens with zero attached hydrogens (tertiary/aromatic N) is 3. The van der Waals surface area contributed by atoms with Crippen LogP contribution in [0.2, 0.25) is 0 Å². The van der Waals surface area contributed by atoms with Gasteiger partial charge in [0.25, 0.3) is 5.56 Å². The summed E-state index contributed by atoms with van der Waals surface area (Å²) in [6, 6.07) is 9.37. The highest BCUT2D eigenvalue weighted by atomic mass is 16.3. The molecular weight excluding hydrogens is 282 g/mol. The molecule has 1 N–H and O–H groups in total. The highest BCUT2D eigenvalue weighted by molar-refractivity contribution is 5.78. The summed E-state index contributed by atoms with van der Waals surface area (Å²) in [6.45, 7) is -0.114. The molecule has 0 aliphatic carbocycles. The maximum atomic E-state index is 12.0. The van der Waals surface area contributed by atoms with Crippen LogP contribution in [0.3, 0.4) is 0 Å². The monoisotopic (exact) mass is 301 g/mol. The molecule has 0 unspecified atom stereocenters. The molecule has 0 radical (unpaired) electrons. The molecule has 0 bridgehead atoms. The van der Waals surface area contributed by atoms with Gasteiger partial charge in [0.15, 0.2) is 0 Å². The van der Waals surface area contributed by atoms with Crippen molar-refractivity contribution in [2.75, 3.05) is 6.61 Å². The van der Waals surface area contributed by atoms with E-state index in [1.807, 2.05) is 30.3 Å². The molecule has 1 aromatic carbocycles. The second-order valence-corrected chi connectivity index (χ2v) is 5.15. The minimum absolute atomic E-state index is 0.114. The molecule has 1 heterocycles. The van der Waals surface area contributed by atoms with E-state index in [1.54, 1.807) is 7.05 Å². The number of rotatable bonds is 5. The Morgan fingerprint density at radius 2 is 1.91 bits per heavy atom. The molecule has 1 aromatic heterocycles. The van der Waals surface area contributed by atoms with Crippen molar-refractivity contribution in [1.82, 2.24) is 9.13 Å². The van der Waals surface area contributed by atoms with Crippen LogP contribution in [0.25, 0.3) is 0 Å². The van der Waals surface area contributed by atoms with Crippen molar-refractivity contribution >= 4 is 6.21 Å². The van der Waals surface area contributed by atoms with Gasteiger partial charge >= 0.3 is 5.69 Å². The second kappa shape index (κ2) is 7.00. The average Bonchev–Trinajstić information content (AvgIpc) is 2.54. The number of aliphatic hydroxyl groups is 1. The molecule has 0 fully saturated rings. The van der Waals surface area contributed by atoms with E-state index in [-0.39, 0.29) is 18.3 Å². The average molecular weight is 301 g/mol. The fourth-order valence-electron chi connectivity index (χ4n) is 2.16. The third-order valence-electron chi connectivity index (χ3n) is 3.42. The van der Waals surface area contributed by atoms with E-state index in [2.05, 4.69) is 4.99 Å². The predicted molar refractivity (Wildman–Crippen MR) is 85.5 cm³/mol. The number of aliphatic hydroxyl groups excluding tert-OH is 1. The van der Waals surface area contributed by atoms with Crippen molar-refractivity contribution in [3.05, 3.63) is 68.5 Å². The third kappa shape index (κ3) is 3.59. The number of hydrogen-bond donors (Lipinski definition) is 1. The first-order chi connectivity index (χ1) is 10.5. The van der Waals surface area contributed by atoms with Gasteiger partial charge in [0.1, 0.15) is 0 Å². The zero-order chi connectivity index (χ0) is 16.1. The molecule has 1 atom stereocenters. The van der Waals surface area contributed by atoms with Crippen LogP contribution in [0.1, 0.15) is 11.1 Å². The normalized spacial score (nSPS) is 12.7. The summed E-state index contributed by atoms with van der Waals surface area (Å²) in [5.41, 5.74) is 0.594. The maximum Gasteiger partial charge on any atom is 0.330 e. The molecule has 0 saturated heterocycles. The lowest BCUT2D eigenvalue weighted by atomic mass is 10.1. The van der Waals surface area contributed by atoms with Gasteiger partial charge in [0, 0.05) is 26.5 Å². The number of aromatic nitrogens is 2. The van der Waals surface area contributed by atoms with Crippen molar-refractivity contribution in [2.24, 2.45) is 19.1 Å². The molecule has 2 rings (SSSR count). The lowest BCUT2D eigenvalue weighted by molar-refractivity contribution is 0.266. The topological polar surface area (TPSA) is 76.6 Å². The Balaban J connectivity index is 2.23. The van der Waals surface area contributed by atoms with Crippen molar-refractivity contribution in [2.45, 2.75) is 12.5 Å². The standard InChI is InChI=1S/C16H19N3O3/c1-18-10-13(15(21)19(2)16(18)22)9-17-14(11-20)8-12-6-4-3-5-7-12/h3-7,9-10,14,20H,8,11H2,1-2H3/t14-/m1/s1. The van der Waals surface area contributed by atoms with Crippen LogP contribution < -0.4 is 11.2 Å². The van der Waals surface area contributed by atoms with Gasteiger partial charge in [-0.25, -0.2) is 4.79 Å². The molecule has 2 aromatic rings. The van der Waals surface area contributed by atoms with Crippen LogP contribution in [-0.4, -0.2) is 33.1 Å². The first-order valence-electron chi connectivity index (χ1n) is 6.97. The fourth-order valence-corrected chi connectivity index (χ4v) is 2.16. The zero-order valence-electron chi connectivity index (χ0n) is 12.6. The summed E-state index contributed by atoms with van der Waals surface area (Å²) < 4.78 is 2.36. The van der Waals surface area contributed by atoms with Gasteiger partial charge in [-0.15, -0.1) is 0 Å². The quantitative estimate of drug-likeness (QED) is 0.796. The van der Waals surface area contributed by atoms with Crippen molar-refractivity contribution in [1.29, 1.82) is 0 Å². The van der Waals surface area contributed by atoms with Gasteiger partial charge in [-0.3, -0.25) is 14.4 Å². The first-order valence-corrected chi connectivity index (χ1v) is 6.97. The lowest BCUT2D eigenvalue weighted by Crippen LogP contribution is -2.38. The molecule has 0 aliphatic rings. The van der Waals surface area contributed by atoms with Gasteiger partial charge in [-0.05, 0) is 12.0 Å². The van der Waals surface area contributed by atoms with Crippen LogP contribution in [-0.2, 0) is 20.5 Å². The van der Waals surface area contributed by atoms with Crippen molar-refractivity contribution in [3.63, 3.8) is 0 Å². The Hall–Kier alpha value is -2.47. The molecule has 22 heavy (non-hydrogen) atoms. The first kappa shape index (κ1) is 15.9. The van der Waals surface area contributed by atoms with E-state index in [0.717, 1.165) is 10.1 Å². The number of benzene rings is 1. The molecule has 116 valence electrons. The molecule has 0 amide bonds. The zero-order valence-corrected chi connectivity index (χ0v) is 12.6. The van der Waals surface area contributed by atoms with E-state index in [4.69, 9.17) is 0 Å². The Morgan fingerprint density at radius 3 is 2.55 bits per heavy atom. The summed E-state index contributed by atoms with van der Waals surface area (Å²) in [4.78, 5) is 27.9. The number of aliphatic imine (C=N–C) groups is 1. The fraction of sp³-hybridized carbons (Fsp3) is 0.312. The Labute approximate surface area is 128 Å². The van der Waals surface area contributed by atoms with Gasteiger partial charge < -0.3 is 9.67 Å². The van der Waals surface area contributed by atoms with E-state index in [0.29, 0.717) is 12.0 Å². The van der Waals surface area contributed by atoms with Crippen LogP contribution in [0.4, 0.5) is 0 Å². The molecule has 6 heteroatoms. The predicted octanol–water partition coefficient (Wildman–Crippen LogP) is 0.106. The number of aryl methyl sites for hydroxylation is 1. The minimum Gasteiger partial charge on any atom is -0.394 e.